The molecule has 0 saturated heterocycles. The minimum Gasteiger partial charge on any atom is -0.313 e. The van der Waals surface area contributed by atoms with Crippen molar-refractivity contribution in [3.8, 4) is 0 Å². The third-order valence-corrected chi connectivity index (χ3v) is 3.46. The zero-order valence-electron chi connectivity index (χ0n) is 10.8. The fourth-order valence-electron chi connectivity index (χ4n) is 2.22. The molecule has 18 heavy (non-hydrogen) atoms. The number of nitrogens with zero attached hydrogens (tertiary/aromatic N) is 2. The van der Waals surface area contributed by atoms with Crippen LogP contribution in [0.4, 0.5) is 0 Å². The molecule has 4 heteroatoms. The summed E-state index contributed by atoms with van der Waals surface area (Å²) in [4.78, 5) is 2.35. The van der Waals surface area contributed by atoms with Crippen molar-refractivity contribution in [2.24, 2.45) is 0 Å². The van der Waals surface area contributed by atoms with Crippen molar-refractivity contribution in [2.75, 3.05) is 20.1 Å². The Kier molecular flexibility index (Phi) is 3.30. The summed E-state index contributed by atoms with van der Waals surface area (Å²) in [7, 11) is 2.17. The minimum atomic E-state index is 0.805. The Hall–Kier alpha value is -1.39. The van der Waals surface area contributed by atoms with E-state index in [4.69, 9.17) is 0 Å². The Morgan fingerprint density at radius 2 is 2.33 bits per heavy atom. The molecule has 0 amide bonds. The predicted molar refractivity (Wildman–Crippen MR) is 73.5 cm³/mol. The van der Waals surface area contributed by atoms with Gasteiger partial charge in [0.15, 0.2) is 0 Å². The van der Waals surface area contributed by atoms with Gasteiger partial charge in [-0.1, -0.05) is 12.1 Å². The highest BCUT2D eigenvalue weighted by Gasteiger charge is 2.19. The average Bonchev–Trinajstić information content (AvgIpc) is 3.06. The molecule has 2 N–H and O–H groups in total. The Labute approximate surface area is 107 Å². The van der Waals surface area contributed by atoms with Crippen molar-refractivity contribution in [3.05, 3.63) is 30.0 Å². The van der Waals surface area contributed by atoms with E-state index in [-0.39, 0.29) is 0 Å². The lowest BCUT2D eigenvalue weighted by Crippen LogP contribution is -2.30. The molecular formula is C14H20N4. The summed E-state index contributed by atoms with van der Waals surface area (Å²) in [6.45, 7) is 3.17. The second-order valence-electron chi connectivity index (χ2n) is 5.26. The molecule has 1 saturated carbocycles. The van der Waals surface area contributed by atoms with Crippen LogP contribution < -0.4 is 5.32 Å². The molecule has 1 aliphatic carbocycles. The summed E-state index contributed by atoms with van der Waals surface area (Å²) in [5.74, 6) is 0. The van der Waals surface area contributed by atoms with E-state index in [2.05, 4.69) is 45.7 Å². The number of aromatic amines is 1. The third kappa shape index (κ3) is 2.89. The van der Waals surface area contributed by atoms with Crippen LogP contribution in [0.15, 0.2) is 24.4 Å². The van der Waals surface area contributed by atoms with Crippen molar-refractivity contribution in [1.82, 2.24) is 20.4 Å². The zero-order valence-corrected chi connectivity index (χ0v) is 10.8. The summed E-state index contributed by atoms with van der Waals surface area (Å²) < 4.78 is 0. The molecule has 2 aromatic rings. The Balaban J connectivity index is 1.53. The van der Waals surface area contributed by atoms with Crippen molar-refractivity contribution in [1.29, 1.82) is 0 Å². The van der Waals surface area contributed by atoms with Gasteiger partial charge in [0.05, 0.1) is 11.7 Å². The maximum atomic E-state index is 4.05. The van der Waals surface area contributed by atoms with Crippen molar-refractivity contribution < 1.29 is 0 Å². The number of likely N-dealkylation sites (N-methyl/N-ethyl adjacent to an activating group) is 1. The van der Waals surface area contributed by atoms with Gasteiger partial charge in [0, 0.05) is 31.1 Å². The van der Waals surface area contributed by atoms with Gasteiger partial charge in [-0.05, 0) is 31.5 Å². The number of H-pyrrole nitrogens is 1. The van der Waals surface area contributed by atoms with E-state index in [0.717, 1.165) is 31.2 Å². The lowest BCUT2D eigenvalue weighted by atomic mass is 10.1. The summed E-state index contributed by atoms with van der Waals surface area (Å²) >= 11 is 0. The summed E-state index contributed by atoms with van der Waals surface area (Å²) in [6, 6.07) is 7.31. The van der Waals surface area contributed by atoms with Gasteiger partial charge in [0.1, 0.15) is 0 Å². The van der Waals surface area contributed by atoms with E-state index in [1.165, 1.54) is 23.8 Å². The van der Waals surface area contributed by atoms with E-state index in [1.54, 1.807) is 0 Å². The van der Waals surface area contributed by atoms with Crippen LogP contribution in [0.3, 0.4) is 0 Å². The van der Waals surface area contributed by atoms with Crippen LogP contribution in [0.5, 0.6) is 0 Å². The van der Waals surface area contributed by atoms with E-state index < -0.39 is 0 Å². The van der Waals surface area contributed by atoms with Crippen molar-refractivity contribution in [3.63, 3.8) is 0 Å². The predicted octanol–water partition coefficient (Wildman–Crippen LogP) is 1.75. The van der Waals surface area contributed by atoms with E-state index in [0.29, 0.717) is 0 Å². The maximum Gasteiger partial charge on any atom is 0.0653 e. The molecule has 0 spiro atoms. The molecule has 0 bridgehead atoms. The third-order valence-electron chi connectivity index (χ3n) is 3.46. The van der Waals surface area contributed by atoms with E-state index >= 15 is 0 Å². The van der Waals surface area contributed by atoms with Gasteiger partial charge in [-0.2, -0.15) is 5.10 Å². The minimum absolute atomic E-state index is 0.805. The molecule has 1 fully saturated rings. The van der Waals surface area contributed by atoms with Crippen LogP contribution in [0, 0.1) is 0 Å². The van der Waals surface area contributed by atoms with Crippen molar-refractivity contribution in [2.45, 2.75) is 25.4 Å². The van der Waals surface area contributed by atoms with Crippen LogP contribution in [0.1, 0.15) is 18.4 Å². The standard InChI is InChI=1S/C14H20N4/c1-18(7-6-15-13-4-5-13)10-11-2-3-12-9-16-17-14(12)8-11/h2-3,8-9,13,15H,4-7,10H2,1H3,(H,16,17). The molecule has 1 aromatic heterocycles. The molecule has 96 valence electrons. The molecule has 4 nitrogen and oxygen atoms in total. The first-order valence-corrected chi connectivity index (χ1v) is 6.65. The SMILES string of the molecule is CN(CCNC1CC1)Cc1ccc2cn[nH]c2c1. The van der Waals surface area contributed by atoms with Gasteiger partial charge < -0.3 is 10.2 Å². The topological polar surface area (TPSA) is 44.0 Å². The van der Waals surface area contributed by atoms with Gasteiger partial charge in [0.2, 0.25) is 0 Å². The van der Waals surface area contributed by atoms with Gasteiger partial charge in [-0.3, -0.25) is 5.10 Å². The smallest absolute Gasteiger partial charge is 0.0653 e. The lowest BCUT2D eigenvalue weighted by Gasteiger charge is -2.17. The van der Waals surface area contributed by atoms with E-state index in [1.807, 2.05) is 6.20 Å². The number of benzene rings is 1. The normalized spacial score (nSPS) is 15.7. The number of hydrogen-bond acceptors (Lipinski definition) is 3. The second kappa shape index (κ2) is 5.08. The molecule has 1 aliphatic rings. The molecule has 1 heterocycles. The highest BCUT2D eigenvalue weighted by atomic mass is 15.1. The first kappa shape index (κ1) is 11.7. The largest absolute Gasteiger partial charge is 0.313 e. The van der Waals surface area contributed by atoms with Crippen LogP contribution in [-0.4, -0.2) is 41.3 Å². The lowest BCUT2D eigenvalue weighted by molar-refractivity contribution is 0.324. The second-order valence-corrected chi connectivity index (χ2v) is 5.26. The Morgan fingerprint density at radius 1 is 1.44 bits per heavy atom. The van der Waals surface area contributed by atoms with Gasteiger partial charge in [0.25, 0.3) is 0 Å². The summed E-state index contributed by atoms with van der Waals surface area (Å²) in [6.07, 6.45) is 4.59. The Morgan fingerprint density at radius 3 is 3.17 bits per heavy atom. The molecule has 0 atom stereocenters. The summed E-state index contributed by atoms with van der Waals surface area (Å²) in [5, 5.41) is 11.8. The van der Waals surface area contributed by atoms with E-state index in [9.17, 15) is 0 Å². The molecule has 0 aliphatic heterocycles. The highest BCUT2D eigenvalue weighted by molar-refractivity contribution is 5.78. The average molecular weight is 244 g/mol. The number of fused-ring (bicyclic) bond motifs is 1. The first-order valence-electron chi connectivity index (χ1n) is 6.65. The highest BCUT2D eigenvalue weighted by Crippen LogP contribution is 2.18. The maximum absolute atomic E-state index is 4.05. The molecule has 1 aromatic carbocycles. The van der Waals surface area contributed by atoms with Crippen LogP contribution in [0.2, 0.25) is 0 Å². The summed E-state index contributed by atoms with van der Waals surface area (Å²) in [5.41, 5.74) is 2.46. The van der Waals surface area contributed by atoms with Crippen molar-refractivity contribution >= 4 is 10.9 Å². The quantitative estimate of drug-likeness (QED) is 0.813. The molecule has 0 radical (unpaired) electrons. The van der Waals surface area contributed by atoms with Gasteiger partial charge >= 0.3 is 0 Å². The fourth-order valence-corrected chi connectivity index (χ4v) is 2.22. The van der Waals surface area contributed by atoms with Crippen LogP contribution >= 0.6 is 0 Å². The monoisotopic (exact) mass is 244 g/mol. The van der Waals surface area contributed by atoms with Gasteiger partial charge in [-0.25, -0.2) is 0 Å². The first-order chi connectivity index (χ1) is 8.81. The Bertz CT molecular complexity index is 515. The van der Waals surface area contributed by atoms with Crippen LogP contribution in [-0.2, 0) is 6.54 Å². The number of aromatic nitrogens is 2. The molecule has 3 rings (SSSR count). The number of nitrogens with one attached hydrogen (secondary N) is 2. The molecular weight excluding hydrogens is 224 g/mol. The number of rotatable bonds is 6. The van der Waals surface area contributed by atoms with Crippen LogP contribution in [0.25, 0.3) is 10.9 Å². The molecule has 0 unspecified atom stereocenters. The van der Waals surface area contributed by atoms with Gasteiger partial charge in [-0.15, -0.1) is 0 Å². The zero-order chi connectivity index (χ0) is 12.4. The number of hydrogen-bond donors (Lipinski definition) is 2. The fraction of sp³-hybridized carbons (Fsp3) is 0.500.